The minimum Gasteiger partial charge on any atom is -0.478 e. The van der Waals surface area contributed by atoms with Crippen LogP contribution in [0.1, 0.15) is 37.8 Å². The molecule has 1 aliphatic rings. The number of benzene rings is 2. The van der Waals surface area contributed by atoms with E-state index in [1.807, 2.05) is 74.9 Å². The lowest BCUT2D eigenvalue weighted by Gasteiger charge is -2.45. The summed E-state index contributed by atoms with van der Waals surface area (Å²) < 4.78 is 0. The maximum absolute atomic E-state index is 14.2. The standard InChI is InChI=1S/C31H42N6O3.C4H4O4/c1-30(2,32)28(39)34-26(18-23-20-33-25-15-10-9-14-24(23)25)27(38)37-17-11-16-31(21-37,29(40)36(5)35(3)4)19-22-12-7-6-8-13-22;5-3(6)1-2-4(7)8/h6-10,12-15,20,26,33H,11,16-19,21,32H2,1-5H3,(H,34,39);1-2H,(H,5,6)(H,7,8)/t26?,31-;/m1./s1. The molecule has 1 saturated heterocycles. The minimum atomic E-state index is -1.26. The van der Waals surface area contributed by atoms with Crippen molar-refractivity contribution < 1.29 is 34.2 Å². The number of nitrogens with two attached hydrogens (primary N) is 1. The number of hydrogen-bond acceptors (Lipinski definition) is 7. The van der Waals surface area contributed by atoms with Crippen LogP contribution in [-0.2, 0) is 36.8 Å². The van der Waals surface area contributed by atoms with Crippen molar-refractivity contribution in [3.63, 3.8) is 0 Å². The summed E-state index contributed by atoms with van der Waals surface area (Å²) in [4.78, 5) is 65.3. The normalized spacial score (nSPS) is 17.0. The van der Waals surface area contributed by atoms with Crippen molar-refractivity contribution in [2.45, 2.75) is 51.1 Å². The second-order valence-electron chi connectivity index (χ2n) is 12.8. The van der Waals surface area contributed by atoms with E-state index in [1.165, 1.54) is 0 Å². The molecule has 1 fully saturated rings. The van der Waals surface area contributed by atoms with Gasteiger partial charge in [-0.3, -0.25) is 19.4 Å². The first kappa shape index (κ1) is 37.4. The third-order valence-corrected chi connectivity index (χ3v) is 8.28. The number of para-hydroxylation sites is 1. The van der Waals surface area contributed by atoms with Crippen LogP contribution in [0.15, 0.2) is 72.9 Å². The van der Waals surface area contributed by atoms with Crippen molar-refractivity contribution in [3.05, 3.63) is 84.1 Å². The molecular weight excluding hydrogens is 616 g/mol. The minimum absolute atomic E-state index is 0.0286. The van der Waals surface area contributed by atoms with Crippen LogP contribution in [0, 0.1) is 5.41 Å². The van der Waals surface area contributed by atoms with Crippen LogP contribution in [0.5, 0.6) is 0 Å². The van der Waals surface area contributed by atoms with Gasteiger partial charge < -0.3 is 31.1 Å². The zero-order valence-electron chi connectivity index (χ0n) is 28.1. The fraction of sp³-hybridized carbons (Fsp3) is 0.400. The molecule has 13 nitrogen and oxygen atoms in total. The highest BCUT2D eigenvalue weighted by atomic mass is 16.4. The number of carbonyl (C=O) groups is 5. The zero-order valence-corrected chi connectivity index (χ0v) is 28.1. The molecule has 0 spiro atoms. The van der Waals surface area contributed by atoms with Crippen LogP contribution >= 0.6 is 0 Å². The number of carbonyl (C=O) groups excluding carboxylic acids is 3. The molecule has 0 radical (unpaired) electrons. The Bertz CT molecular complexity index is 1610. The number of fused-ring (bicyclic) bond motifs is 1. The zero-order chi connectivity index (χ0) is 35.6. The summed E-state index contributed by atoms with van der Waals surface area (Å²) in [6.07, 6.45) is 5.17. The number of aliphatic carboxylic acids is 2. The molecule has 48 heavy (non-hydrogen) atoms. The lowest BCUT2D eigenvalue weighted by molar-refractivity contribution is -0.159. The Morgan fingerprint density at radius 3 is 2.19 bits per heavy atom. The summed E-state index contributed by atoms with van der Waals surface area (Å²) in [5.41, 5.74) is 7.10. The van der Waals surface area contributed by atoms with Gasteiger partial charge in [-0.15, -0.1) is 0 Å². The van der Waals surface area contributed by atoms with Crippen molar-refractivity contribution >= 4 is 40.6 Å². The molecule has 2 heterocycles. The van der Waals surface area contributed by atoms with Crippen molar-refractivity contribution in [2.75, 3.05) is 34.2 Å². The number of amides is 3. The highest BCUT2D eigenvalue weighted by molar-refractivity contribution is 5.93. The average molecular weight is 663 g/mol. The molecule has 1 aromatic heterocycles. The molecule has 0 aliphatic carbocycles. The smallest absolute Gasteiger partial charge is 0.328 e. The fourth-order valence-electron chi connectivity index (χ4n) is 5.65. The molecule has 2 aromatic carbocycles. The summed E-state index contributed by atoms with van der Waals surface area (Å²) >= 11 is 0. The first-order chi connectivity index (χ1) is 22.5. The van der Waals surface area contributed by atoms with Gasteiger partial charge in [-0.25, -0.2) is 14.6 Å². The summed E-state index contributed by atoms with van der Waals surface area (Å²) in [7, 11) is 5.43. The number of likely N-dealkylation sites (tertiary alicyclic amines) is 1. The highest BCUT2D eigenvalue weighted by Gasteiger charge is 2.46. The molecule has 3 amide bonds. The van der Waals surface area contributed by atoms with Crippen molar-refractivity contribution in [2.24, 2.45) is 11.1 Å². The molecule has 1 unspecified atom stereocenters. The Hall–Kier alpha value is -5.01. The number of hydrogen-bond donors (Lipinski definition) is 5. The molecule has 13 heteroatoms. The van der Waals surface area contributed by atoms with Gasteiger partial charge in [0, 0.05) is 69.9 Å². The molecule has 2 atom stereocenters. The van der Waals surface area contributed by atoms with Crippen LogP contribution in [0.4, 0.5) is 0 Å². The van der Waals surface area contributed by atoms with Gasteiger partial charge in [-0.1, -0.05) is 48.5 Å². The number of carboxylic acid groups (broad SMARTS) is 2. The van der Waals surface area contributed by atoms with E-state index in [4.69, 9.17) is 15.9 Å². The summed E-state index contributed by atoms with van der Waals surface area (Å²) in [6.45, 7) is 4.03. The lowest BCUT2D eigenvalue weighted by atomic mass is 9.74. The van der Waals surface area contributed by atoms with Crippen molar-refractivity contribution in [3.8, 4) is 0 Å². The number of aromatic nitrogens is 1. The number of rotatable bonds is 11. The van der Waals surface area contributed by atoms with Crippen LogP contribution in [0.3, 0.4) is 0 Å². The molecule has 3 aromatic rings. The number of H-pyrrole nitrogens is 1. The molecule has 1 aliphatic heterocycles. The number of hydrazine groups is 1. The maximum atomic E-state index is 14.2. The Morgan fingerprint density at radius 1 is 1.00 bits per heavy atom. The predicted octanol–water partition coefficient (Wildman–Crippen LogP) is 2.43. The largest absolute Gasteiger partial charge is 0.478 e. The Balaban J connectivity index is 0.000000694. The van der Waals surface area contributed by atoms with Crippen molar-refractivity contribution in [1.29, 1.82) is 0 Å². The van der Waals surface area contributed by atoms with Gasteiger partial charge >= 0.3 is 11.9 Å². The third kappa shape index (κ3) is 9.99. The van der Waals surface area contributed by atoms with E-state index < -0.39 is 34.8 Å². The Labute approximate surface area is 280 Å². The van der Waals surface area contributed by atoms with E-state index in [2.05, 4.69) is 10.3 Å². The average Bonchev–Trinajstić information content (AvgIpc) is 3.45. The van der Waals surface area contributed by atoms with Gasteiger partial charge in [0.25, 0.3) is 0 Å². The highest BCUT2D eigenvalue weighted by Crippen LogP contribution is 2.36. The lowest BCUT2D eigenvalue weighted by Crippen LogP contribution is -2.61. The second kappa shape index (κ2) is 16.2. The summed E-state index contributed by atoms with van der Waals surface area (Å²) in [5, 5.41) is 22.9. The number of aromatic amines is 1. The van der Waals surface area contributed by atoms with Gasteiger partial charge in [0.05, 0.1) is 11.0 Å². The van der Waals surface area contributed by atoms with E-state index in [-0.39, 0.29) is 18.4 Å². The van der Waals surface area contributed by atoms with Gasteiger partial charge in [0.1, 0.15) is 6.04 Å². The number of carboxylic acids is 2. The monoisotopic (exact) mass is 662 g/mol. The number of nitrogens with one attached hydrogen (secondary N) is 2. The maximum Gasteiger partial charge on any atom is 0.328 e. The predicted molar refractivity (Wildman–Crippen MR) is 181 cm³/mol. The quantitative estimate of drug-likeness (QED) is 0.152. The molecule has 258 valence electrons. The Morgan fingerprint density at radius 2 is 1.60 bits per heavy atom. The first-order valence-corrected chi connectivity index (χ1v) is 15.6. The van der Waals surface area contributed by atoms with E-state index in [0.29, 0.717) is 44.4 Å². The molecular formula is C35H46N6O7. The fourth-order valence-corrected chi connectivity index (χ4v) is 5.65. The first-order valence-electron chi connectivity index (χ1n) is 15.6. The molecule has 0 bridgehead atoms. The van der Waals surface area contributed by atoms with Gasteiger partial charge in [-0.2, -0.15) is 0 Å². The van der Waals surface area contributed by atoms with Gasteiger partial charge in [-0.05, 0) is 50.3 Å². The van der Waals surface area contributed by atoms with E-state index in [0.717, 1.165) is 22.0 Å². The van der Waals surface area contributed by atoms with Crippen LogP contribution in [0.2, 0.25) is 0 Å². The topological polar surface area (TPSA) is 189 Å². The molecule has 0 saturated carbocycles. The molecule has 4 rings (SSSR count). The Kier molecular flexibility index (Phi) is 12.6. The van der Waals surface area contributed by atoms with E-state index >= 15 is 0 Å². The van der Waals surface area contributed by atoms with Crippen LogP contribution in [-0.4, -0.2) is 106 Å². The number of nitrogens with zero attached hydrogens (tertiary/aromatic N) is 3. The summed E-state index contributed by atoms with van der Waals surface area (Å²) in [6, 6.07) is 17.0. The summed E-state index contributed by atoms with van der Waals surface area (Å²) in [5.74, 6) is -3.15. The van der Waals surface area contributed by atoms with Crippen LogP contribution < -0.4 is 11.1 Å². The van der Waals surface area contributed by atoms with Gasteiger partial charge in [0.15, 0.2) is 0 Å². The van der Waals surface area contributed by atoms with E-state index in [1.54, 1.807) is 35.8 Å². The third-order valence-electron chi connectivity index (χ3n) is 8.28. The number of piperidine rings is 1. The van der Waals surface area contributed by atoms with Crippen molar-refractivity contribution in [1.82, 2.24) is 25.2 Å². The van der Waals surface area contributed by atoms with E-state index in [9.17, 15) is 24.0 Å². The molecule has 6 N–H and O–H groups in total. The van der Waals surface area contributed by atoms with Gasteiger partial charge in [0.2, 0.25) is 17.7 Å². The second-order valence-corrected chi connectivity index (χ2v) is 12.8. The van der Waals surface area contributed by atoms with Crippen LogP contribution in [0.25, 0.3) is 10.9 Å². The SMILES string of the molecule is CN(C)N(C)C(=O)[C@@]1(Cc2ccccc2)CCCN(C(=O)C(Cc2c[nH]c3ccccc23)NC(=O)C(C)(C)N)C1.O=C(O)C=CC(=O)O.